The predicted molar refractivity (Wildman–Crippen MR) is 75.7 cm³/mol. The van der Waals surface area contributed by atoms with E-state index in [4.69, 9.17) is 5.73 Å². The van der Waals surface area contributed by atoms with Crippen LogP contribution in [0.25, 0.3) is 0 Å². The van der Waals surface area contributed by atoms with Gasteiger partial charge in [0.25, 0.3) is 0 Å². The average Bonchev–Trinajstić information content (AvgIpc) is 2.39. The first kappa shape index (κ1) is 13.1. The van der Waals surface area contributed by atoms with Crippen LogP contribution in [-0.4, -0.2) is 10.9 Å². The van der Waals surface area contributed by atoms with Crippen LogP contribution in [0, 0.1) is 13.8 Å². The topological polar surface area (TPSA) is 68.0 Å². The lowest BCUT2D eigenvalue weighted by atomic mass is 10.1. The summed E-state index contributed by atoms with van der Waals surface area (Å²) in [5.74, 6) is -0.422. The predicted octanol–water partition coefficient (Wildman–Crippen LogP) is 2.34. The van der Waals surface area contributed by atoms with Crippen molar-refractivity contribution in [2.24, 2.45) is 5.73 Å². The number of benzene rings is 1. The number of carbonyl (C=O) groups is 1. The van der Waals surface area contributed by atoms with Gasteiger partial charge in [0.05, 0.1) is 0 Å². The van der Waals surface area contributed by atoms with Gasteiger partial charge in [-0.25, -0.2) is 0 Å². The van der Waals surface area contributed by atoms with E-state index < -0.39 is 11.9 Å². The fourth-order valence-electron chi connectivity index (χ4n) is 1.86. The van der Waals surface area contributed by atoms with Gasteiger partial charge in [-0.1, -0.05) is 24.3 Å². The first-order valence-corrected chi connectivity index (χ1v) is 6.12. The Kier molecular flexibility index (Phi) is 3.80. The summed E-state index contributed by atoms with van der Waals surface area (Å²) in [5, 5.41) is 3.17. The average molecular weight is 255 g/mol. The van der Waals surface area contributed by atoms with Gasteiger partial charge in [0, 0.05) is 23.1 Å². The minimum absolute atomic E-state index is 0.422. The Bertz CT molecular complexity index is 578. The number of primary amides is 1. The second kappa shape index (κ2) is 5.52. The molecule has 98 valence electrons. The highest BCUT2D eigenvalue weighted by atomic mass is 16.1. The van der Waals surface area contributed by atoms with Gasteiger partial charge in [0.2, 0.25) is 5.91 Å². The molecule has 0 aliphatic heterocycles. The number of pyridine rings is 1. The van der Waals surface area contributed by atoms with E-state index in [1.807, 2.05) is 50.2 Å². The molecule has 2 aromatic rings. The lowest BCUT2D eigenvalue weighted by Gasteiger charge is -2.18. The second-order valence-corrected chi connectivity index (χ2v) is 4.53. The third kappa shape index (κ3) is 3.10. The SMILES string of the molecule is Cc1ccc(C(Nc2ccccc2C)C(N)=O)cn1. The molecule has 0 fully saturated rings. The van der Waals surface area contributed by atoms with E-state index in [0.717, 1.165) is 22.5 Å². The van der Waals surface area contributed by atoms with Crippen molar-refractivity contribution < 1.29 is 4.79 Å². The van der Waals surface area contributed by atoms with Gasteiger partial charge < -0.3 is 11.1 Å². The summed E-state index contributed by atoms with van der Waals surface area (Å²) in [6.45, 7) is 3.88. The molecule has 1 unspecified atom stereocenters. The van der Waals surface area contributed by atoms with E-state index in [-0.39, 0.29) is 0 Å². The largest absolute Gasteiger partial charge is 0.370 e. The Morgan fingerprint density at radius 1 is 1.21 bits per heavy atom. The standard InChI is InChI=1S/C15H17N3O/c1-10-5-3-4-6-13(10)18-14(15(16)19)12-8-7-11(2)17-9-12/h3-9,14,18H,1-2H3,(H2,16,19). The molecule has 1 aromatic carbocycles. The molecule has 0 spiro atoms. The van der Waals surface area contributed by atoms with E-state index in [1.165, 1.54) is 0 Å². The minimum Gasteiger partial charge on any atom is -0.370 e. The van der Waals surface area contributed by atoms with Crippen molar-refractivity contribution in [2.45, 2.75) is 19.9 Å². The molecule has 1 amide bonds. The lowest BCUT2D eigenvalue weighted by Crippen LogP contribution is -2.28. The fraction of sp³-hybridized carbons (Fsp3) is 0.200. The summed E-state index contributed by atoms with van der Waals surface area (Å²) in [7, 11) is 0. The van der Waals surface area contributed by atoms with Gasteiger partial charge in [0.1, 0.15) is 6.04 Å². The third-order valence-corrected chi connectivity index (χ3v) is 3.00. The second-order valence-electron chi connectivity index (χ2n) is 4.53. The molecule has 2 rings (SSSR count). The molecule has 3 N–H and O–H groups in total. The van der Waals surface area contributed by atoms with E-state index in [2.05, 4.69) is 10.3 Å². The van der Waals surface area contributed by atoms with Crippen molar-refractivity contribution in [2.75, 3.05) is 5.32 Å². The van der Waals surface area contributed by atoms with E-state index in [0.29, 0.717) is 0 Å². The quantitative estimate of drug-likeness (QED) is 0.881. The summed E-state index contributed by atoms with van der Waals surface area (Å²) in [5.41, 5.74) is 9.11. The molecule has 0 bridgehead atoms. The number of hydrogen-bond donors (Lipinski definition) is 2. The maximum absolute atomic E-state index is 11.6. The maximum Gasteiger partial charge on any atom is 0.244 e. The van der Waals surface area contributed by atoms with Crippen LogP contribution >= 0.6 is 0 Å². The highest BCUT2D eigenvalue weighted by molar-refractivity contribution is 5.84. The highest BCUT2D eigenvalue weighted by Crippen LogP contribution is 2.21. The molecule has 1 atom stereocenters. The number of para-hydroxylation sites is 1. The molecule has 0 saturated heterocycles. The Hall–Kier alpha value is -2.36. The molecule has 0 radical (unpaired) electrons. The number of hydrogen-bond acceptors (Lipinski definition) is 3. The molecule has 0 aliphatic rings. The van der Waals surface area contributed by atoms with Crippen LogP contribution in [0.3, 0.4) is 0 Å². The summed E-state index contributed by atoms with van der Waals surface area (Å²) >= 11 is 0. The van der Waals surface area contributed by atoms with Gasteiger partial charge in [-0.15, -0.1) is 0 Å². The number of rotatable bonds is 4. The van der Waals surface area contributed by atoms with E-state index in [1.54, 1.807) is 6.20 Å². The van der Waals surface area contributed by atoms with Crippen LogP contribution in [0.2, 0.25) is 0 Å². The number of nitrogens with one attached hydrogen (secondary N) is 1. The van der Waals surface area contributed by atoms with Crippen molar-refractivity contribution in [1.82, 2.24) is 4.98 Å². The summed E-state index contributed by atoms with van der Waals surface area (Å²) in [6.07, 6.45) is 1.68. The van der Waals surface area contributed by atoms with Crippen molar-refractivity contribution in [3.8, 4) is 0 Å². The summed E-state index contributed by atoms with van der Waals surface area (Å²) in [4.78, 5) is 15.8. The van der Waals surface area contributed by atoms with Crippen LogP contribution in [0.4, 0.5) is 5.69 Å². The van der Waals surface area contributed by atoms with Gasteiger partial charge in [-0.3, -0.25) is 9.78 Å². The zero-order valence-electron chi connectivity index (χ0n) is 11.1. The van der Waals surface area contributed by atoms with Gasteiger partial charge in [-0.05, 0) is 31.5 Å². The maximum atomic E-state index is 11.6. The van der Waals surface area contributed by atoms with Crippen molar-refractivity contribution in [3.63, 3.8) is 0 Å². The molecule has 4 nitrogen and oxygen atoms in total. The number of aryl methyl sites for hydroxylation is 2. The number of aromatic nitrogens is 1. The monoisotopic (exact) mass is 255 g/mol. The molecular weight excluding hydrogens is 238 g/mol. The number of nitrogens with two attached hydrogens (primary N) is 1. The molecule has 4 heteroatoms. The zero-order chi connectivity index (χ0) is 13.8. The molecule has 0 aliphatic carbocycles. The number of carbonyl (C=O) groups excluding carboxylic acids is 1. The van der Waals surface area contributed by atoms with Crippen molar-refractivity contribution in [1.29, 1.82) is 0 Å². The molecular formula is C15H17N3O. The number of anilines is 1. The zero-order valence-corrected chi connectivity index (χ0v) is 11.1. The number of amides is 1. The van der Waals surface area contributed by atoms with Gasteiger partial charge >= 0.3 is 0 Å². The van der Waals surface area contributed by atoms with Gasteiger partial charge in [0.15, 0.2) is 0 Å². The smallest absolute Gasteiger partial charge is 0.244 e. The first-order chi connectivity index (χ1) is 9.08. The summed E-state index contributed by atoms with van der Waals surface area (Å²) < 4.78 is 0. The first-order valence-electron chi connectivity index (χ1n) is 6.12. The third-order valence-electron chi connectivity index (χ3n) is 3.00. The molecule has 19 heavy (non-hydrogen) atoms. The fourth-order valence-corrected chi connectivity index (χ4v) is 1.86. The Labute approximate surface area is 112 Å². The van der Waals surface area contributed by atoms with Crippen LogP contribution in [0.15, 0.2) is 42.6 Å². The van der Waals surface area contributed by atoms with Crippen LogP contribution < -0.4 is 11.1 Å². The minimum atomic E-state index is -0.575. The normalized spacial score (nSPS) is 11.9. The molecule has 1 aromatic heterocycles. The van der Waals surface area contributed by atoms with Crippen LogP contribution in [0.5, 0.6) is 0 Å². The van der Waals surface area contributed by atoms with E-state index in [9.17, 15) is 4.79 Å². The van der Waals surface area contributed by atoms with Crippen molar-refractivity contribution >= 4 is 11.6 Å². The van der Waals surface area contributed by atoms with Crippen LogP contribution in [0.1, 0.15) is 22.9 Å². The number of nitrogens with zero attached hydrogens (tertiary/aromatic N) is 1. The lowest BCUT2D eigenvalue weighted by molar-refractivity contribution is -0.118. The van der Waals surface area contributed by atoms with Crippen LogP contribution in [-0.2, 0) is 4.79 Å². The Morgan fingerprint density at radius 2 is 1.95 bits per heavy atom. The Balaban J connectivity index is 2.29. The highest BCUT2D eigenvalue weighted by Gasteiger charge is 2.18. The van der Waals surface area contributed by atoms with Crippen molar-refractivity contribution in [3.05, 3.63) is 59.4 Å². The van der Waals surface area contributed by atoms with E-state index >= 15 is 0 Å². The molecule has 0 saturated carbocycles. The molecule has 1 heterocycles. The van der Waals surface area contributed by atoms with Gasteiger partial charge in [-0.2, -0.15) is 0 Å². The Morgan fingerprint density at radius 3 is 2.53 bits per heavy atom. The summed E-state index contributed by atoms with van der Waals surface area (Å²) in [6, 6.07) is 10.9.